The lowest BCUT2D eigenvalue weighted by Crippen LogP contribution is -2.17. The Morgan fingerprint density at radius 1 is 1.25 bits per heavy atom. The van der Waals surface area contributed by atoms with Crippen molar-refractivity contribution in [2.75, 3.05) is 0 Å². The summed E-state index contributed by atoms with van der Waals surface area (Å²) < 4.78 is 0.909. The SMILES string of the molecule is Cc1cccc2cc(C=NNC(=O)c3ccc(Br)cc3)c(Cl)nc12. The van der Waals surface area contributed by atoms with E-state index in [4.69, 9.17) is 11.6 Å². The lowest BCUT2D eigenvalue weighted by Gasteiger charge is -2.04. The van der Waals surface area contributed by atoms with E-state index in [1.54, 1.807) is 24.3 Å². The standard InChI is InChI=1S/C18H13BrClN3O/c1-11-3-2-4-13-9-14(17(20)22-16(11)13)10-21-23-18(24)12-5-7-15(19)8-6-12/h2-10H,1H3,(H,23,24). The van der Waals surface area contributed by atoms with Crippen LogP contribution in [0.5, 0.6) is 0 Å². The fraction of sp³-hybridized carbons (Fsp3) is 0.0556. The van der Waals surface area contributed by atoms with Gasteiger partial charge in [0.2, 0.25) is 0 Å². The van der Waals surface area contributed by atoms with Crippen LogP contribution in [0.25, 0.3) is 10.9 Å². The van der Waals surface area contributed by atoms with Crippen LogP contribution in [0.1, 0.15) is 21.5 Å². The van der Waals surface area contributed by atoms with Crippen LogP contribution >= 0.6 is 27.5 Å². The van der Waals surface area contributed by atoms with Gasteiger partial charge in [0.05, 0.1) is 11.7 Å². The number of aromatic nitrogens is 1. The van der Waals surface area contributed by atoms with E-state index in [0.29, 0.717) is 16.3 Å². The molecule has 120 valence electrons. The van der Waals surface area contributed by atoms with Crippen molar-refractivity contribution in [3.05, 3.63) is 74.8 Å². The number of carbonyl (C=O) groups excluding carboxylic acids is 1. The summed E-state index contributed by atoms with van der Waals surface area (Å²) in [6, 6.07) is 14.8. The number of hydrazone groups is 1. The molecule has 0 aliphatic carbocycles. The van der Waals surface area contributed by atoms with Crippen molar-refractivity contribution >= 4 is 50.6 Å². The Hall–Kier alpha value is -2.24. The first-order valence-corrected chi connectivity index (χ1v) is 8.36. The molecule has 6 heteroatoms. The van der Waals surface area contributed by atoms with Gasteiger partial charge in [0.15, 0.2) is 0 Å². The molecule has 0 bridgehead atoms. The van der Waals surface area contributed by atoms with Crippen molar-refractivity contribution in [3.63, 3.8) is 0 Å². The first kappa shape index (κ1) is 16.6. The zero-order chi connectivity index (χ0) is 17.1. The molecular formula is C18H13BrClN3O. The molecule has 1 N–H and O–H groups in total. The van der Waals surface area contributed by atoms with Crippen LogP contribution in [0, 0.1) is 6.92 Å². The lowest BCUT2D eigenvalue weighted by molar-refractivity contribution is 0.0955. The van der Waals surface area contributed by atoms with E-state index >= 15 is 0 Å². The molecule has 0 radical (unpaired) electrons. The number of benzene rings is 2. The van der Waals surface area contributed by atoms with Crippen LogP contribution in [0.3, 0.4) is 0 Å². The monoisotopic (exact) mass is 401 g/mol. The number of amides is 1. The first-order chi connectivity index (χ1) is 11.5. The van der Waals surface area contributed by atoms with Gasteiger partial charge in [-0.1, -0.05) is 45.7 Å². The minimum atomic E-state index is -0.292. The average molecular weight is 403 g/mol. The molecule has 1 aromatic heterocycles. The predicted molar refractivity (Wildman–Crippen MR) is 101 cm³/mol. The summed E-state index contributed by atoms with van der Waals surface area (Å²) >= 11 is 9.53. The van der Waals surface area contributed by atoms with Crippen LogP contribution in [-0.4, -0.2) is 17.1 Å². The van der Waals surface area contributed by atoms with E-state index in [1.807, 2.05) is 31.2 Å². The van der Waals surface area contributed by atoms with Gasteiger partial charge in [-0.3, -0.25) is 4.79 Å². The van der Waals surface area contributed by atoms with Gasteiger partial charge < -0.3 is 0 Å². The fourth-order valence-electron chi connectivity index (χ4n) is 2.26. The molecule has 24 heavy (non-hydrogen) atoms. The number of rotatable bonds is 3. The number of para-hydroxylation sites is 1. The number of nitrogens with one attached hydrogen (secondary N) is 1. The highest BCUT2D eigenvalue weighted by Crippen LogP contribution is 2.21. The zero-order valence-electron chi connectivity index (χ0n) is 12.8. The third-order valence-electron chi connectivity index (χ3n) is 3.50. The Kier molecular flexibility index (Phi) is 4.92. The second-order valence-corrected chi connectivity index (χ2v) is 6.49. The van der Waals surface area contributed by atoms with Gasteiger partial charge in [-0.25, -0.2) is 10.4 Å². The van der Waals surface area contributed by atoms with Crippen molar-refractivity contribution in [2.24, 2.45) is 5.10 Å². The van der Waals surface area contributed by atoms with E-state index < -0.39 is 0 Å². The summed E-state index contributed by atoms with van der Waals surface area (Å²) in [5.41, 5.74) is 5.57. The zero-order valence-corrected chi connectivity index (χ0v) is 15.1. The number of hydrogen-bond acceptors (Lipinski definition) is 3. The molecule has 0 saturated carbocycles. The number of fused-ring (bicyclic) bond motifs is 1. The third kappa shape index (κ3) is 3.63. The summed E-state index contributed by atoms with van der Waals surface area (Å²) in [5, 5.41) is 5.29. The van der Waals surface area contributed by atoms with E-state index in [0.717, 1.165) is 20.9 Å². The van der Waals surface area contributed by atoms with Crippen LogP contribution in [0.15, 0.2) is 58.1 Å². The normalized spacial score (nSPS) is 11.1. The Labute approximate surface area is 152 Å². The lowest BCUT2D eigenvalue weighted by atomic mass is 10.1. The van der Waals surface area contributed by atoms with E-state index in [9.17, 15) is 4.79 Å². The highest BCUT2D eigenvalue weighted by atomic mass is 79.9. The maximum absolute atomic E-state index is 12.0. The number of pyridine rings is 1. The molecule has 0 spiro atoms. The molecule has 1 heterocycles. The molecule has 0 saturated heterocycles. The molecule has 2 aromatic carbocycles. The first-order valence-electron chi connectivity index (χ1n) is 7.19. The van der Waals surface area contributed by atoms with Crippen molar-refractivity contribution in [2.45, 2.75) is 6.92 Å². The maximum Gasteiger partial charge on any atom is 0.271 e. The summed E-state index contributed by atoms with van der Waals surface area (Å²) in [6.07, 6.45) is 1.49. The molecule has 0 unspecified atom stereocenters. The highest BCUT2D eigenvalue weighted by molar-refractivity contribution is 9.10. The average Bonchev–Trinajstić information content (AvgIpc) is 2.57. The Balaban J connectivity index is 1.79. The second-order valence-electron chi connectivity index (χ2n) is 5.22. The molecule has 0 fully saturated rings. The number of hydrogen-bond donors (Lipinski definition) is 1. The van der Waals surface area contributed by atoms with Gasteiger partial charge >= 0.3 is 0 Å². The molecule has 0 aliphatic heterocycles. The van der Waals surface area contributed by atoms with Crippen LogP contribution in [0.4, 0.5) is 0 Å². The minimum Gasteiger partial charge on any atom is -0.267 e. The van der Waals surface area contributed by atoms with Crippen molar-refractivity contribution in [1.29, 1.82) is 0 Å². The Morgan fingerprint density at radius 2 is 2.00 bits per heavy atom. The topological polar surface area (TPSA) is 54.4 Å². The molecule has 3 rings (SSSR count). The van der Waals surface area contributed by atoms with Crippen LogP contribution < -0.4 is 5.43 Å². The summed E-state index contributed by atoms with van der Waals surface area (Å²) in [4.78, 5) is 16.4. The summed E-state index contributed by atoms with van der Waals surface area (Å²) in [5.74, 6) is -0.292. The Bertz CT molecular complexity index is 939. The molecular weight excluding hydrogens is 390 g/mol. The molecule has 1 amide bonds. The quantitative estimate of drug-likeness (QED) is 0.391. The van der Waals surface area contributed by atoms with Crippen molar-refractivity contribution in [1.82, 2.24) is 10.4 Å². The van der Waals surface area contributed by atoms with Gasteiger partial charge in [-0.15, -0.1) is 0 Å². The van der Waals surface area contributed by atoms with Gasteiger partial charge in [-0.05, 0) is 42.8 Å². The molecule has 4 nitrogen and oxygen atoms in total. The van der Waals surface area contributed by atoms with Crippen LogP contribution in [0.2, 0.25) is 5.15 Å². The van der Waals surface area contributed by atoms with Gasteiger partial charge in [-0.2, -0.15) is 5.10 Å². The number of aryl methyl sites for hydroxylation is 1. The van der Waals surface area contributed by atoms with Crippen molar-refractivity contribution in [3.8, 4) is 0 Å². The van der Waals surface area contributed by atoms with E-state index in [-0.39, 0.29) is 5.91 Å². The number of nitrogens with zero attached hydrogens (tertiary/aromatic N) is 2. The van der Waals surface area contributed by atoms with Gasteiger partial charge in [0.25, 0.3) is 5.91 Å². The fourth-order valence-corrected chi connectivity index (χ4v) is 2.71. The number of carbonyl (C=O) groups is 1. The second kappa shape index (κ2) is 7.11. The smallest absolute Gasteiger partial charge is 0.267 e. The molecule has 0 atom stereocenters. The van der Waals surface area contributed by atoms with Crippen LogP contribution in [-0.2, 0) is 0 Å². The maximum atomic E-state index is 12.0. The minimum absolute atomic E-state index is 0.292. The molecule has 3 aromatic rings. The Morgan fingerprint density at radius 3 is 2.75 bits per heavy atom. The molecule has 0 aliphatic rings. The van der Waals surface area contributed by atoms with E-state index in [2.05, 4.69) is 31.4 Å². The van der Waals surface area contributed by atoms with Gasteiger partial charge in [0.1, 0.15) is 5.15 Å². The summed E-state index contributed by atoms with van der Waals surface area (Å²) in [6.45, 7) is 1.98. The highest BCUT2D eigenvalue weighted by Gasteiger charge is 2.06. The largest absolute Gasteiger partial charge is 0.271 e. The predicted octanol–water partition coefficient (Wildman–Crippen LogP) is 4.72. The van der Waals surface area contributed by atoms with Gasteiger partial charge in [0, 0.05) is 21.0 Å². The van der Waals surface area contributed by atoms with E-state index in [1.165, 1.54) is 6.21 Å². The third-order valence-corrected chi connectivity index (χ3v) is 4.34. The van der Waals surface area contributed by atoms with Crippen molar-refractivity contribution < 1.29 is 4.79 Å². The number of halogens is 2. The summed E-state index contributed by atoms with van der Waals surface area (Å²) in [7, 11) is 0.